The molecule has 0 saturated carbocycles. The molecule has 0 bridgehead atoms. The quantitative estimate of drug-likeness (QED) is 0.791. The van der Waals surface area contributed by atoms with Crippen LogP contribution in [0.2, 0.25) is 0 Å². The van der Waals surface area contributed by atoms with Crippen LogP contribution in [-0.2, 0) is 6.54 Å². The maximum absolute atomic E-state index is 12.6. The Labute approximate surface area is 129 Å². The smallest absolute Gasteiger partial charge is 0.257 e. The molecule has 0 aliphatic heterocycles. The number of benzene rings is 1. The van der Waals surface area contributed by atoms with Gasteiger partial charge in [0.15, 0.2) is 0 Å². The van der Waals surface area contributed by atoms with E-state index in [0.29, 0.717) is 36.7 Å². The number of rotatable bonds is 7. The van der Waals surface area contributed by atoms with Crippen LogP contribution < -0.4 is 10.5 Å². The second kappa shape index (κ2) is 7.61. The number of carbonyl (C=O) groups is 1. The summed E-state index contributed by atoms with van der Waals surface area (Å²) in [6, 6.07) is 7.28. The molecule has 0 saturated heterocycles. The van der Waals surface area contributed by atoms with Crippen LogP contribution in [0, 0.1) is 6.92 Å². The fourth-order valence-corrected chi connectivity index (χ4v) is 2.03. The molecule has 6 heteroatoms. The van der Waals surface area contributed by atoms with E-state index >= 15 is 0 Å². The Balaban J connectivity index is 2.13. The van der Waals surface area contributed by atoms with Crippen LogP contribution in [0.15, 0.2) is 35.1 Å². The molecule has 6 nitrogen and oxygen atoms in total. The van der Waals surface area contributed by atoms with Gasteiger partial charge in [-0.25, -0.2) is 0 Å². The van der Waals surface area contributed by atoms with Crippen LogP contribution in [0.25, 0.3) is 0 Å². The Bertz CT molecular complexity index is 611. The Morgan fingerprint density at radius 1 is 1.41 bits per heavy atom. The molecule has 1 aromatic carbocycles. The molecular weight excluding hydrogens is 282 g/mol. The third-order valence-corrected chi connectivity index (χ3v) is 3.21. The summed E-state index contributed by atoms with van der Waals surface area (Å²) in [7, 11) is 1.72. The third kappa shape index (κ3) is 4.08. The van der Waals surface area contributed by atoms with E-state index < -0.39 is 0 Å². The summed E-state index contributed by atoms with van der Waals surface area (Å²) in [5.74, 6) is 0.469. The average Bonchev–Trinajstić information content (AvgIpc) is 3.00. The van der Waals surface area contributed by atoms with Crippen molar-refractivity contribution in [3.05, 3.63) is 47.3 Å². The number of nitrogens with zero attached hydrogens (tertiary/aromatic N) is 2. The van der Waals surface area contributed by atoms with Crippen molar-refractivity contribution >= 4 is 5.91 Å². The standard InChI is InChI=1S/C16H21N3O3/c1-12-4-5-14(15(10-12)21-8-3-7-17)16(20)19(2)11-13-6-9-22-18-13/h4-6,9-10H,3,7-8,11,17H2,1-2H3. The highest BCUT2D eigenvalue weighted by Crippen LogP contribution is 2.22. The molecule has 118 valence electrons. The van der Waals surface area contributed by atoms with E-state index in [-0.39, 0.29) is 5.91 Å². The van der Waals surface area contributed by atoms with Crippen molar-refractivity contribution in [3.63, 3.8) is 0 Å². The highest BCUT2D eigenvalue weighted by Gasteiger charge is 2.18. The van der Waals surface area contributed by atoms with Crippen LogP contribution in [0.3, 0.4) is 0 Å². The molecule has 0 radical (unpaired) electrons. The van der Waals surface area contributed by atoms with Crippen LogP contribution >= 0.6 is 0 Å². The summed E-state index contributed by atoms with van der Waals surface area (Å²) in [6.07, 6.45) is 2.23. The van der Waals surface area contributed by atoms with Gasteiger partial charge in [0.2, 0.25) is 0 Å². The van der Waals surface area contributed by atoms with Crippen molar-refractivity contribution in [2.75, 3.05) is 20.2 Å². The second-order valence-corrected chi connectivity index (χ2v) is 5.14. The van der Waals surface area contributed by atoms with Crippen molar-refractivity contribution in [2.45, 2.75) is 19.9 Å². The first kappa shape index (κ1) is 16.0. The van der Waals surface area contributed by atoms with E-state index in [1.54, 1.807) is 24.1 Å². The molecule has 0 spiro atoms. The predicted molar refractivity (Wildman–Crippen MR) is 82.6 cm³/mol. The molecule has 2 aromatic rings. The summed E-state index contributed by atoms with van der Waals surface area (Å²) >= 11 is 0. The first-order valence-corrected chi connectivity index (χ1v) is 7.20. The monoisotopic (exact) mass is 303 g/mol. The number of hydrogen-bond acceptors (Lipinski definition) is 5. The topological polar surface area (TPSA) is 81.6 Å². The second-order valence-electron chi connectivity index (χ2n) is 5.14. The molecule has 0 unspecified atom stereocenters. The number of amides is 1. The summed E-state index contributed by atoms with van der Waals surface area (Å²) < 4.78 is 10.5. The summed E-state index contributed by atoms with van der Waals surface area (Å²) in [6.45, 7) is 3.39. The minimum absolute atomic E-state index is 0.120. The van der Waals surface area contributed by atoms with Crippen LogP contribution in [0.5, 0.6) is 5.75 Å². The van der Waals surface area contributed by atoms with Gasteiger partial charge in [-0.3, -0.25) is 4.79 Å². The highest BCUT2D eigenvalue weighted by molar-refractivity contribution is 5.96. The molecular formula is C16H21N3O3. The Kier molecular flexibility index (Phi) is 5.55. The van der Waals surface area contributed by atoms with Gasteiger partial charge in [-0.1, -0.05) is 11.2 Å². The lowest BCUT2D eigenvalue weighted by molar-refractivity contribution is 0.0777. The van der Waals surface area contributed by atoms with Gasteiger partial charge in [0.05, 0.1) is 18.7 Å². The van der Waals surface area contributed by atoms with Gasteiger partial charge < -0.3 is 19.9 Å². The fraction of sp³-hybridized carbons (Fsp3) is 0.375. The zero-order chi connectivity index (χ0) is 15.9. The normalized spacial score (nSPS) is 10.5. The first-order chi connectivity index (χ1) is 10.6. The van der Waals surface area contributed by atoms with E-state index in [1.807, 2.05) is 19.1 Å². The molecule has 0 aliphatic rings. The van der Waals surface area contributed by atoms with E-state index in [9.17, 15) is 4.79 Å². The summed E-state index contributed by atoms with van der Waals surface area (Å²) in [4.78, 5) is 14.2. The third-order valence-electron chi connectivity index (χ3n) is 3.21. The van der Waals surface area contributed by atoms with Gasteiger partial charge in [-0.2, -0.15) is 0 Å². The Morgan fingerprint density at radius 2 is 2.23 bits per heavy atom. The first-order valence-electron chi connectivity index (χ1n) is 7.20. The molecule has 1 aromatic heterocycles. The van der Waals surface area contributed by atoms with Crippen molar-refractivity contribution in [2.24, 2.45) is 5.73 Å². The number of aromatic nitrogens is 1. The fourth-order valence-electron chi connectivity index (χ4n) is 2.03. The van der Waals surface area contributed by atoms with Crippen molar-refractivity contribution in [1.29, 1.82) is 0 Å². The average molecular weight is 303 g/mol. The predicted octanol–water partition coefficient (Wildman–Crippen LogP) is 1.98. The lowest BCUT2D eigenvalue weighted by Crippen LogP contribution is -2.27. The van der Waals surface area contributed by atoms with Gasteiger partial charge >= 0.3 is 0 Å². The summed E-state index contributed by atoms with van der Waals surface area (Å²) in [5.41, 5.74) is 7.75. The van der Waals surface area contributed by atoms with E-state index in [0.717, 1.165) is 12.0 Å². The highest BCUT2D eigenvalue weighted by atomic mass is 16.5. The molecule has 1 amide bonds. The SMILES string of the molecule is Cc1ccc(C(=O)N(C)Cc2ccon2)c(OCCCN)c1. The number of hydrogen-bond donors (Lipinski definition) is 1. The Hall–Kier alpha value is -2.34. The lowest BCUT2D eigenvalue weighted by Gasteiger charge is -2.18. The minimum Gasteiger partial charge on any atom is -0.493 e. The van der Waals surface area contributed by atoms with Crippen LogP contribution in [-0.4, -0.2) is 36.2 Å². The molecule has 0 aliphatic carbocycles. The van der Waals surface area contributed by atoms with Crippen molar-refractivity contribution in [1.82, 2.24) is 10.1 Å². The minimum atomic E-state index is -0.120. The Morgan fingerprint density at radius 3 is 2.91 bits per heavy atom. The van der Waals surface area contributed by atoms with E-state index in [4.69, 9.17) is 15.0 Å². The van der Waals surface area contributed by atoms with E-state index in [1.165, 1.54) is 6.26 Å². The lowest BCUT2D eigenvalue weighted by atomic mass is 10.1. The molecule has 22 heavy (non-hydrogen) atoms. The zero-order valence-electron chi connectivity index (χ0n) is 12.9. The maximum atomic E-state index is 12.6. The van der Waals surface area contributed by atoms with Gasteiger partial charge in [-0.05, 0) is 37.6 Å². The number of carbonyl (C=O) groups excluding carboxylic acids is 1. The van der Waals surface area contributed by atoms with Gasteiger partial charge in [0.25, 0.3) is 5.91 Å². The molecule has 0 atom stereocenters. The number of ether oxygens (including phenoxy) is 1. The zero-order valence-corrected chi connectivity index (χ0v) is 12.9. The molecule has 1 heterocycles. The van der Waals surface area contributed by atoms with Crippen molar-refractivity contribution < 1.29 is 14.1 Å². The van der Waals surface area contributed by atoms with Crippen LogP contribution in [0.1, 0.15) is 28.0 Å². The maximum Gasteiger partial charge on any atom is 0.257 e. The molecule has 2 N–H and O–H groups in total. The van der Waals surface area contributed by atoms with Gasteiger partial charge in [-0.15, -0.1) is 0 Å². The molecule has 0 fully saturated rings. The van der Waals surface area contributed by atoms with Crippen LogP contribution in [0.4, 0.5) is 0 Å². The van der Waals surface area contributed by atoms with E-state index in [2.05, 4.69) is 5.16 Å². The van der Waals surface area contributed by atoms with Gasteiger partial charge in [0, 0.05) is 13.1 Å². The summed E-state index contributed by atoms with van der Waals surface area (Å²) in [5, 5.41) is 3.82. The van der Waals surface area contributed by atoms with Crippen molar-refractivity contribution in [3.8, 4) is 5.75 Å². The molecule has 2 rings (SSSR count). The van der Waals surface area contributed by atoms with Gasteiger partial charge in [0.1, 0.15) is 17.7 Å². The number of nitrogens with two attached hydrogens (primary N) is 1. The number of aryl methyl sites for hydroxylation is 1. The largest absolute Gasteiger partial charge is 0.493 e.